The second kappa shape index (κ2) is 5.48. The summed E-state index contributed by atoms with van der Waals surface area (Å²) in [5.41, 5.74) is 1.58. The van der Waals surface area contributed by atoms with Gasteiger partial charge in [-0.2, -0.15) is 0 Å². The number of hydrogen-bond acceptors (Lipinski definition) is 2. The summed E-state index contributed by atoms with van der Waals surface area (Å²) in [6.07, 6.45) is 5.32. The molecule has 1 atom stereocenters. The Morgan fingerprint density at radius 3 is 2.65 bits per heavy atom. The number of aliphatic carboxylic acids is 1. The van der Waals surface area contributed by atoms with Crippen LogP contribution < -0.4 is 0 Å². The number of allylic oxidation sites excluding steroid dienone is 2. The van der Waals surface area contributed by atoms with E-state index in [0.29, 0.717) is 12.3 Å². The fourth-order valence-corrected chi connectivity index (χ4v) is 2.79. The molecule has 0 aromatic rings. The first-order valence-corrected chi connectivity index (χ1v) is 6.23. The molecule has 0 spiro atoms. The third-order valence-electron chi connectivity index (χ3n) is 3.81. The van der Waals surface area contributed by atoms with Crippen molar-refractivity contribution in [1.29, 1.82) is 0 Å². The predicted molar refractivity (Wildman–Crippen MR) is 66.8 cm³/mol. The summed E-state index contributed by atoms with van der Waals surface area (Å²) in [4.78, 5) is 21.8. The van der Waals surface area contributed by atoms with E-state index in [1.165, 1.54) is 5.57 Å². The maximum atomic E-state index is 11.4. The molecule has 3 heteroatoms. The number of carboxylic acids is 1. The minimum Gasteiger partial charge on any atom is -0.481 e. The van der Waals surface area contributed by atoms with Crippen molar-refractivity contribution in [3.63, 3.8) is 0 Å². The van der Waals surface area contributed by atoms with Crippen molar-refractivity contribution in [2.45, 2.75) is 52.9 Å². The molecule has 1 aliphatic carbocycles. The van der Waals surface area contributed by atoms with E-state index in [-0.39, 0.29) is 17.6 Å². The van der Waals surface area contributed by atoms with Crippen LogP contribution in [0.2, 0.25) is 0 Å². The molecule has 1 N–H and O–H groups in total. The lowest BCUT2D eigenvalue weighted by Crippen LogP contribution is -2.28. The second-order valence-corrected chi connectivity index (χ2v) is 5.68. The van der Waals surface area contributed by atoms with Gasteiger partial charge in [0, 0.05) is 6.42 Å². The smallest absolute Gasteiger partial charge is 0.310 e. The minimum atomic E-state index is -1.02. The summed E-state index contributed by atoms with van der Waals surface area (Å²) in [5, 5.41) is 8.54. The number of ketones is 1. The zero-order chi connectivity index (χ0) is 13.1. The van der Waals surface area contributed by atoms with Crippen LogP contribution in [0.4, 0.5) is 0 Å². The summed E-state index contributed by atoms with van der Waals surface area (Å²) in [7, 11) is 0. The molecule has 17 heavy (non-hydrogen) atoms. The topological polar surface area (TPSA) is 54.4 Å². The van der Waals surface area contributed by atoms with E-state index in [9.17, 15) is 9.59 Å². The summed E-state index contributed by atoms with van der Waals surface area (Å²) in [6.45, 7) is 6.58. The minimum absolute atomic E-state index is 0.160. The van der Waals surface area contributed by atoms with E-state index in [1.54, 1.807) is 0 Å². The molecule has 0 bridgehead atoms. The van der Waals surface area contributed by atoms with Gasteiger partial charge in [0.2, 0.25) is 0 Å². The maximum Gasteiger partial charge on any atom is 0.310 e. The highest BCUT2D eigenvalue weighted by molar-refractivity contribution is 5.94. The molecule has 0 fully saturated rings. The van der Waals surface area contributed by atoms with Gasteiger partial charge in [-0.3, -0.25) is 9.59 Å². The van der Waals surface area contributed by atoms with Gasteiger partial charge in [-0.25, -0.2) is 0 Å². The van der Waals surface area contributed by atoms with Crippen LogP contribution in [-0.2, 0) is 9.59 Å². The van der Waals surface area contributed by atoms with Crippen molar-refractivity contribution >= 4 is 11.8 Å². The lowest BCUT2D eigenvalue weighted by atomic mass is 9.67. The Morgan fingerprint density at radius 1 is 1.47 bits per heavy atom. The van der Waals surface area contributed by atoms with Gasteiger partial charge >= 0.3 is 5.97 Å². The zero-order valence-electron chi connectivity index (χ0n) is 11.0. The number of carbonyl (C=O) groups excluding carboxylic acids is 1. The summed E-state index contributed by atoms with van der Waals surface area (Å²) in [5.74, 6) is -0.772. The van der Waals surface area contributed by atoms with Gasteiger partial charge < -0.3 is 5.11 Å². The molecular weight excluding hydrogens is 216 g/mol. The van der Waals surface area contributed by atoms with Crippen LogP contribution in [0.15, 0.2) is 11.6 Å². The first-order valence-electron chi connectivity index (χ1n) is 6.23. The third kappa shape index (κ3) is 3.99. The number of Topliss-reactive ketones (excluding diaryl/α,β-unsaturated/α-hetero) is 1. The van der Waals surface area contributed by atoms with Gasteiger partial charge in [0.1, 0.15) is 12.2 Å². The highest BCUT2D eigenvalue weighted by atomic mass is 16.4. The van der Waals surface area contributed by atoms with Gasteiger partial charge in [-0.1, -0.05) is 25.5 Å². The predicted octanol–water partition coefficient (Wildman–Crippen LogP) is 3.19. The lowest BCUT2D eigenvalue weighted by Gasteiger charge is -2.38. The highest BCUT2D eigenvalue weighted by Crippen LogP contribution is 2.43. The number of carboxylic acid groups (broad SMARTS) is 1. The molecule has 0 aromatic carbocycles. The van der Waals surface area contributed by atoms with Gasteiger partial charge in [-0.05, 0) is 37.5 Å². The van der Waals surface area contributed by atoms with Crippen LogP contribution in [0, 0.1) is 11.3 Å². The molecule has 96 valence electrons. The molecule has 1 aliphatic rings. The molecule has 1 rings (SSSR count). The van der Waals surface area contributed by atoms with E-state index in [4.69, 9.17) is 5.11 Å². The Hall–Kier alpha value is -1.12. The highest BCUT2D eigenvalue weighted by Gasteiger charge is 2.32. The molecule has 3 nitrogen and oxygen atoms in total. The number of rotatable bonds is 5. The molecule has 1 unspecified atom stereocenters. The van der Waals surface area contributed by atoms with Gasteiger partial charge in [0.15, 0.2) is 0 Å². The first-order chi connectivity index (χ1) is 7.83. The fraction of sp³-hybridized carbons (Fsp3) is 0.714. The van der Waals surface area contributed by atoms with Gasteiger partial charge in [0.05, 0.1) is 0 Å². The monoisotopic (exact) mass is 238 g/mol. The molecule has 0 heterocycles. The Labute approximate surface area is 103 Å². The fourth-order valence-electron chi connectivity index (χ4n) is 2.79. The van der Waals surface area contributed by atoms with Crippen LogP contribution in [0.25, 0.3) is 0 Å². The summed E-state index contributed by atoms with van der Waals surface area (Å²) < 4.78 is 0. The molecule has 0 radical (unpaired) electrons. The average molecular weight is 238 g/mol. The van der Waals surface area contributed by atoms with Crippen molar-refractivity contribution in [1.82, 2.24) is 0 Å². The number of carbonyl (C=O) groups is 2. The molecule has 0 amide bonds. The Balaban J connectivity index is 2.55. The first kappa shape index (κ1) is 13.9. The van der Waals surface area contributed by atoms with Crippen LogP contribution in [0.3, 0.4) is 0 Å². The second-order valence-electron chi connectivity index (χ2n) is 5.68. The van der Waals surface area contributed by atoms with Crippen LogP contribution >= 0.6 is 0 Å². The third-order valence-corrected chi connectivity index (χ3v) is 3.81. The van der Waals surface area contributed by atoms with E-state index >= 15 is 0 Å². The largest absolute Gasteiger partial charge is 0.481 e. The van der Waals surface area contributed by atoms with E-state index in [2.05, 4.69) is 26.8 Å². The zero-order valence-corrected chi connectivity index (χ0v) is 11.0. The molecule has 0 aliphatic heterocycles. The van der Waals surface area contributed by atoms with Crippen LogP contribution in [-0.4, -0.2) is 16.9 Å². The molecular formula is C14H22O3. The van der Waals surface area contributed by atoms with Crippen molar-refractivity contribution in [3.8, 4) is 0 Å². The van der Waals surface area contributed by atoms with Crippen LogP contribution in [0.1, 0.15) is 52.9 Å². The van der Waals surface area contributed by atoms with E-state index in [1.807, 2.05) is 0 Å². The maximum absolute atomic E-state index is 11.4. The standard InChI is InChI=1S/C14H22O3/c1-10-5-4-8-14(2,3)12(10)7-6-11(15)9-13(16)17/h5,12H,4,6-9H2,1-3H3,(H,16,17). The Kier molecular flexibility index (Phi) is 4.49. The quantitative estimate of drug-likeness (QED) is 0.591. The average Bonchev–Trinajstić information content (AvgIpc) is 2.14. The van der Waals surface area contributed by atoms with Crippen molar-refractivity contribution in [3.05, 3.63) is 11.6 Å². The summed E-state index contributed by atoms with van der Waals surface area (Å²) in [6, 6.07) is 0. The summed E-state index contributed by atoms with van der Waals surface area (Å²) >= 11 is 0. The Bertz CT molecular complexity index is 339. The molecule has 0 aromatic heterocycles. The normalized spacial score (nSPS) is 23.0. The van der Waals surface area contributed by atoms with Crippen molar-refractivity contribution in [2.24, 2.45) is 11.3 Å². The van der Waals surface area contributed by atoms with Gasteiger partial charge in [0.25, 0.3) is 0 Å². The molecule has 0 saturated carbocycles. The Morgan fingerprint density at radius 2 is 2.12 bits per heavy atom. The van der Waals surface area contributed by atoms with E-state index in [0.717, 1.165) is 19.3 Å². The van der Waals surface area contributed by atoms with Crippen LogP contribution in [0.5, 0.6) is 0 Å². The van der Waals surface area contributed by atoms with Crippen molar-refractivity contribution < 1.29 is 14.7 Å². The van der Waals surface area contributed by atoms with Gasteiger partial charge in [-0.15, -0.1) is 0 Å². The van der Waals surface area contributed by atoms with Crippen molar-refractivity contribution in [2.75, 3.05) is 0 Å². The molecule has 0 saturated heterocycles. The SMILES string of the molecule is CC1=CCCC(C)(C)C1CCC(=O)CC(=O)O. The lowest BCUT2D eigenvalue weighted by molar-refractivity contribution is -0.140. The van der Waals surface area contributed by atoms with E-state index < -0.39 is 5.97 Å². The number of hydrogen-bond donors (Lipinski definition) is 1.